The normalized spacial score (nSPS) is 18.1. The third-order valence-corrected chi connectivity index (χ3v) is 10.7. The van der Waals surface area contributed by atoms with Crippen molar-refractivity contribution in [3.63, 3.8) is 0 Å². The summed E-state index contributed by atoms with van der Waals surface area (Å²) < 4.78 is 31.5. The average molecular weight is 713 g/mol. The molecule has 3 N–H and O–H groups in total. The van der Waals surface area contributed by atoms with Crippen molar-refractivity contribution < 1.29 is 22.4 Å². The van der Waals surface area contributed by atoms with E-state index in [-0.39, 0.29) is 45.3 Å². The topological polar surface area (TPSA) is 138 Å². The summed E-state index contributed by atoms with van der Waals surface area (Å²) in [4.78, 5) is 42.7. The number of nitrogens with one attached hydrogen (secondary N) is 3. The number of nitrogens with zero attached hydrogens (tertiary/aromatic N) is 1. The molecule has 2 aliphatic rings. The first-order valence-electron chi connectivity index (χ1n) is 17.3. The molecule has 0 bridgehead atoms. The lowest BCUT2D eigenvalue weighted by molar-refractivity contribution is -0.141. The number of rotatable bonds is 11. The summed E-state index contributed by atoms with van der Waals surface area (Å²) in [7, 11) is -3.53. The average Bonchev–Trinajstić information content (AvgIpc) is 3.04. The quantitative estimate of drug-likeness (QED) is 0.218. The highest BCUT2D eigenvalue weighted by Gasteiger charge is 2.48. The number of hydrogen-bond donors (Lipinski definition) is 3. The van der Waals surface area contributed by atoms with Gasteiger partial charge in [0.05, 0.1) is 17.1 Å². The van der Waals surface area contributed by atoms with Gasteiger partial charge in [0.2, 0.25) is 15.9 Å². The van der Waals surface area contributed by atoms with Crippen molar-refractivity contribution >= 4 is 50.1 Å². The molecule has 5 rings (SSSR count). The van der Waals surface area contributed by atoms with Gasteiger partial charge >= 0.3 is 0 Å². The largest absolute Gasteiger partial charge is 0.451 e. The Morgan fingerprint density at radius 1 is 1.02 bits per heavy atom. The highest BCUT2D eigenvalue weighted by molar-refractivity contribution is 7.92. The molecule has 0 radical (unpaired) electrons. The molecular formula is C37H49ClN4O6S. The minimum Gasteiger partial charge on any atom is -0.451 e. The molecule has 1 aliphatic heterocycles. The number of benzene rings is 2. The van der Waals surface area contributed by atoms with E-state index in [1.54, 1.807) is 0 Å². The molecule has 10 nitrogen and oxygen atoms in total. The van der Waals surface area contributed by atoms with Gasteiger partial charge in [-0.15, -0.1) is 0 Å². The van der Waals surface area contributed by atoms with E-state index in [9.17, 15) is 22.8 Å². The van der Waals surface area contributed by atoms with E-state index in [0.29, 0.717) is 23.8 Å². The minimum atomic E-state index is -3.53. The molecule has 12 heteroatoms. The maximum atomic E-state index is 13.8. The highest BCUT2D eigenvalue weighted by atomic mass is 35.5. The van der Waals surface area contributed by atoms with Gasteiger partial charge in [-0.1, -0.05) is 43.0 Å². The second-order valence-corrected chi connectivity index (χ2v) is 17.1. The lowest BCUT2D eigenvalue weighted by Gasteiger charge is -2.47. The van der Waals surface area contributed by atoms with Gasteiger partial charge in [0.1, 0.15) is 5.58 Å². The second-order valence-electron chi connectivity index (χ2n) is 14.9. The molecule has 1 aliphatic carbocycles. The summed E-state index contributed by atoms with van der Waals surface area (Å²) >= 11 is 6.14. The van der Waals surface area contributed by atoms with E-state index in [1.807, 2.05) is 45.0 Å². The van der Waals surface area contributed by atoms with Crippen LogP contribution in [0.15, 0.2) is 57.7 Å². The van der Waals surface area contributed by atoms with Crippen LogP contribution in [0, 0.1) is 11.3 Å². The Balaban J connectivity index is 1.29. The number of anilines is 1. The third-order valence-electron chi connectivity index (χ3n) is 9.85. The van der Waals surface area contributed by atoms with Crippen molar-refractivity contribution in [3.8, 4) is 0 Å². The van der Waals surface area contributed by atoms with Crippen molar-refractivity contribution in [3.05, 3.63) is 75.1 Å². The molecule has 2 heterocycles. The van der Waals surface area contributed by atoms with E-state index >= 15 is 0 Å². The van der Waals surface area contributed by atoms with Crippen LogP contribution >= 0.6 is 11.6 Å². The van der Waals surface area contributed by atoms with Crippen LogP contribution in [-0.4, -0.2) is 62.6 Å². The standard InChI is InChI=1S/C37H49ClN4O6S/c1-36(2,3)40-35(45)37(26-8-6-5-7-9-26)17-20-42(21-18-37)19-16-28(22-25-10-12-27(38)13-11-25)39-34(44)33-24-31(43)30-23-29(41-49(4,46)47)14-15-32(30)48-33/h10-15,23-24,26,28,41H,5-9,16-22H2,1-4H3,(H,39,44)(H,40,45)/t28-/m1/s1. The molecule has 2 amide bonds. The number of piperidine rings is 1. The molecule has 2 fully saturated rings. The van der Waals surface area contributed by atoms with E-state index < -0.39 is 21.4 Å². The highest BCUT2D eigenvalue weighted by Crippen LogP contribution is 2.46. The summed E-state index contributed by atoms with van der Waals surface area (Å²) in [5, 5.41) is 7.20. The molecule has 1 saturated heterocycles. The zero-order valence-corrected chi connectivity index (χ0v) is 30.5. The van der Waals surface area contributed by atoms with Crippen molar-refractivity contribution in [2.24, 2.45) is 11.3 Å². The Bertz CT molecular complexity index is 1810. The van der Waals surface area contributed by atoms with Crippen LogP contribution in [0.4, 0.5) is 5.69 Å². The molecule has 0 unspecified atom stereocenters. The van der Waals surface area contributed by atoms with E-state index in [1.165, 1.54) is 37.5 Å². The Kier molecular flexibility index (Phi) is 11.5. The van der Waals surface area contributed by atoms with Crippen LogP contribution in [0.1, 0.15) is 88.3 Å². The molecule has 0 spiro atoms. The number of amides is 2. The molecular weight excluding hydrogens is 664 g/mol. The molecule has 1 saturated carbocycles. The van der Waals surface area contributed by atoms with Gasteiger partial charge in [0, 0.05) is 34.9 Å². The SMILES string of the molecule is CC(C)(C)NC(=O)C1(C2CCCCC2)CCN(CC[C@H](Cc2ccc(Cl)cc2)NC(=O)c2cc(=O)c3cc(NS(C)(=O)=O)ccc3o2)CC1. The van der Waals surface area contributed by atoms with Gasteiger partial charge < -0.3 is 20.0 Å². The van der Waals surface area contributed by atoms with Gasteiger partial charge in [-0.25, -0.2) is 8.42 Å². The number of carbonyl (C=O) groups is 2. The number of carbonyl (C=O) groups excluding carboxylic acids is 2. The van der Waals surface area contributed by atoms with E-state index in [0.717, 1.165) is 63.2 Å². The fraction of sp³-hybridized carbons (Fsp3) is 0.541. The number of fused-ring (bicyclic) bond motifs is 1. The van der Waals surface area contributed by atoms with Crippen molar-refractivity contribution in [1.29, 1.82) is 0 Å². The predicted octanol–water partition coefficient (Wildman–Crippen LogP) is 6.13. The Morgan fingerprint density at radius 2 is 1.69 bits per heavy atom. The molecule has 49 heavy (non-hydrogen) atoms. The van der Waals surface area contributed by atoms with Crippen molar-refractivity contribution in [2.75, 3.05) is 30.6 Å². The fourth-order valence-electron chi connectivity index (χ4n) is 7.39. The van der Waals surface area contributed by atoms with Gasteiger partial charge in [-0.3, -0.25) is 19.1 Å². The summed E-state index contributed by atoms with van der Waals surface area (Å²) in [6, 6.07) is 12.7. The number of sulfonamides is 1. The number of likely N-dealkylation sites (tertiary alicyclic amines) is 1. The van der Waals surface area contributed by atoms with Gasteiger partial charge in [0.25, 0.3) is 5.91 Å². The third kappa shape index (κ3) is 9.86. The molecule has 3 aromatic rings. The second kappa shape index (κ2) is 15.2. The first-order chi connectivity index (χ1) is 23.1. The monoisotopic (exact) mass is 712 g/mol. The lowest BCUT2D eigenvalue weighted by atomic mass is 9.63. The summed E-state index contributed by atoms with van der Waals surface area (Å²) in [6.45, 7) is 8.49. The maximum Gasteiger partial charge on any atom is 0.287 e. The lowest BCUT2D eigenvalue weighted by Crippen LogP contribution is -2.56. The summed E-state index contributed by atoms with van der Waals surface area (Å²) in [5.41, 5.74) is 0.321. The van der Waals surface area contributed by atoms with Gasteiger partial charge in [0.15, 0.2) is 11.2 Å². The Labute approximate surface area is 294 Å². The number of halogens is 1. The van der Waals surface area contributed by atoms with Gasteiger partial charge in [-0.05, 0) is 114 Å². The molecule has 2 aromatic carbocycles. The zero-order valence-electron chi connectivity index (χ0n) is 28.9. The molecule has 1 aromatic heterocycles. The van der Waals surface area contributed by atoms with Crippen LogP contribution < -0.4 is 20.8 Å². The van der Waals surface area contributed by atoms with Crippen LogP contribution in [-0.2, 0) is 21.2 Å². The van der Waals surface area contributed by atoms with Crippen LogP contribution in [0.5, 0.6) is 0 Å². The summed E-state index contributed by atoms with van der Waals surface area (Å²) in [5.74, 6) is -0.0336. The van der Waals surface area contributed by atoms with Crippen LogP contribution in [0.2, 0.25) is 5.02 Å². The molecule has 1 atom stereocenters. The van der Waals surface area contributed by atoms with Crippen LogP contribution in [0.25, 0.3) is 11.0 Å². The zero-order chi connectivity index (χ0) is 35.4. The van der Waals surface area contributed by atoms with E-state index in [4.69, 9.17) is 16.0 Å². The van der Waals surface area contributed by atoms with E-state index in [2.05, 4.69) is 20.3 Å². The minimum absolute atomic E-state index is 0.123. The predicted molar refractivity (Wildman–Crippen MR) is 195 cm³/mol. The first kappa shape index (κ1) is 36.9. The molecule has 266 valence electrons. The maximum absolute atomic E-state index is 13.8. The van der Waals surface area contributed by atoms with Crippen molar-refractivity contribution in [1.82, 2.24) is 15.5 Å². The van der Waals surface area contributed by atoms with Crippen LogP contribution in [0.3, 0.4) is 0 Å². The fourth-order valence-corrected chi connectivity index (χ4v) is 8.07. The Morgan fingerprint density at radius 3 is 2.33 bits per heavy atom. The first-order valence-corrected chi connectivity index (χ1v) is 19.5. The number of hydrogen-bond acceptors (Lipinski definition) is 7. The Hall–Kier alpha value is -3.41. The summed E-state index contributed by atoms with van der Waals surface area (Å²) in [6.07, 6.45) is 9.68. The van der Waals surface area contributed by atoms with Gasteiger partial charge in [-0.2, -0.15) is 0 Å². The van der Waals surface area contributed by atoms with Crippen molar-refractivity contribution in [2.45, 2.75) is 90.1 Å². The smallest absolute Gasteiger partial charge is 0.287 e.